The number of ether oxygens (including phenoxy) is 2. The van der Waals surface area contributed by atoms with Gasteiger partial charge in [0.1, 0.15) is 5.75 Å². The minimum absolute atomic E-state index is 0.293. The van der Waals surface area contributed by atoms with Gasteiger partial charge in [-0.05, 0) is 47.5 Å². The number of hydrogen-bond donors (Lipinski definition) is 1. The zero-order valence-corrected chi connectivity index (χ0v) is 15.4. The second-order valence-electron chi connectivity index (χ2n) is 6.47. The number of methoxy groups -OCH3 is 1. The van der Waals surface area contributed by atoms with E-state index in [-0.39, 0.29) is 6.04 Å². The van der Waals surface area contributed by atoms with Crippen LogP contribution in [0, 0.1) is 11.8 Å². The molecule has 1 amide bonds. The largest absolute Gasteiger partial charge is 0.497 e. The first kappa shape index (κ1) is 17.7. The molecule has 138 valence electrons. The van der Waals surface area contributed by atoms with Gasteiger partial charge in [0.25, 0.3) is 0 Å². The summed E-state index contributed by atoms with van der Waals surface area (Å²) in [5.74, 6) is 7.07. The van der Waals surface area contributed by atoms with Crippen molar-refractivity contribution in [3.05, 3.63) is 101 Å². The van der Waals surface area contributed by atoms with Crippen LogP contribution in [0.5, 0.6) is 5.75 Å². The van der Waals surface area contributed by atoms with E-state index < -0.39 is 12.2 Å². The third-order valence-electron chi connectivity index (χ3n) is 4.60. The molecule has 3 aromatic carbocycles. The molecule has 28 heavy (non-hydrogen) atoms. The summed E-state index contributed by atoms with van der Waals surface area (Å²) in [6.45, 7) is 0. The van der Waals surface area contributed by atoms with E-state index in [0.717, 1.165) is 28.0 Å². The van der Waals surface area contributed by atoms with Crippen molar-refractivity contribution in [1.82, 2.24) is 5.32 Å². The maximum Gasteiger partial charge on any atom is 0.408 e. The fourth-order valence-electron chi connectivity index (χ4n) is 3.23. The molecule has 1 aliphatic heterocycles. The summed E-state index contributed by atoms with van der Waals surface area (Å²) in [7, 11) is 1.62. The number of cyclic esters (lactones) is 1. The zero-order chi connectivity index (χ0) is 19.3. The van der Waals surface area contributed by atoms with E-state index in [1.54, 1.807) is 7.11 Å². The number of carbonyl (C=O) groups is 1. The fourth-order valence-corrected chi connectivity index (χ4v) is 3.23. The smallest absolute Gasteiger partial charge is 0.408 e. The van der Waals surface area contributed by atoms with Crippen molar-refractivity contribution in [2.75, 3.05) is 7.11 Å². The molecule has 2 atom stereocenters. The summed E-state index contributed by atoms with van der Waals surface area (Å²) in [5, 5.41) is 2.91. The molecule has 0 bridgehead atoms. The molecule has 0 radical (unpaired) electrons. The van der Waals surface area contributed by atoms with Crippen LogP contribution in [0.3, 0.4) is 0 Å². The van der Waals surface area contributed by atoms with Crippen molar-refractivity contribution in [2.45, 2.75) is 12.1 Å². The molecule has 3 aromatic rings. The van der Waals surface area contributed by atoms with Crippen molar-refractivity contribution in [1.29, 1.82) is 0 Å². The molecule has 1 heterocycles. The lowest BCUT2D eigenvalue weighted by atomic mass is 9.95. The number of hydrogen-bond acceptors (Lipinski definition) is 3. The number of alkyl carbamates (subject to hydrolysis) is 1. The van der Waals surface area contributed by atoms with Crippen molar-refractivity contribution < 1.29 is 14.3 Å². The van der Waals surface area contributed by atoms with Crippen molar-refractivity contribution in [3.63, 3.8) is 0 Å². The van der Waals surface area contributed by atoms with Crippen LogP contribution in [0.2, 0.25) is 0 Å². The van der Waals surface area contributed by atoms with Crippen molar-refractivity contribution in [2.24, 2.45) is 0 Å². The van der Waals surface area contributed by atoms with Gasteiger partial charge in [-0.15, -0.1) is 0 Å². The Morgan fingerprint density at radius 2 is 1.57 bits per heavy atom. The van der Waals surface area contributed by atoms with Gasteiger partial charge in [0.2, 0.25) is 0 Å². The van der Waals surface area contributed by atoms with Gasteiger partial charge in [0, 0.05) is 11.1 Å². The monoisotopic (exact) mass is 369 g/mol. The molecule has 4 heteroatoms. The molecule has 4 rings (SSSR count). The first-order valence-corrected chi connectivity index (χ1v) is 9.01. The summed E-state index contributed by atoms with van der Waals surface area (Å²) in [6, 6.07) is 25.0. The summed E-state index contributed by atoms with van der Waals surface area (Å²) in [5.41, 5.74) is 3.66. The lowest BCUT2D eigenvalue weighted by Gasteiger charge is -2.18. The van der Waals surface area contributed by atoms with Gasteiger partial charge in [-0.1, -0.05) is 54.3 Å². The van der Waals surface area contributed by atoms with E-state index in [4.69, 9.17) is 9.47 Å². The van der Waals surface area contributed by atoms with Crippen LogP contribution in [0.25, 0.3) is 0 Å². The fraction of sp³-hybridized carbons (Fsp3) is 0.125. The van der Waals surface area contributed by atoms with E-state index in [9.17, 15) is 4.79 Å². The normalized spacial score (nSPS) is 17.8. The molecular formula is C24H19NO3. The van der Waals surface area contributed by atoms with Crippen molar-refractivity contribution in [3.8, 4) is 17.6 Å². The van der Waals surface area contributed by atoms with Crippen LogP contribution in [0.1, 0.15) is 34.4 Å². The highest BCUT2D eigenvalue weighted by atomic mass is 16.6. The molecule has 1 saturated heterocycles. The Balaban J connectivity index is 1.64. The standard InChI is InChI=1S/C24H19NO3/c1-27-21-12-6-11-20(16-21)23-22(25-24(26)28-23)19-10-5-9-18(15-19)14-13-17-7-3-2-4-8-17/h2-12,15-16,22-23H,1H3,(H,25,26)/t22-,23-/m1/s1. The Hall–Kier alpha value is -3.71. The van der Waals surface area contributed by atoms with E-state index in [0.29, 0.717) is 0 Å². The van der Waals surface area contributed by atoms with Crippen molar-refractivity contribution >= 4 is 6.09 Å². The highest BCUT2D eigenvalue weighted by molar-refractivity contribution is 5.71. The Labute approximate surface area is 164 Å². The van der Waals surface area contributed by atoms with Gasteiger partial charge in [-0.2, -0.15) is 0 Å². The Morgan fingerprint density at radius 1 is 0.857 bits per heavy atom. The van der Waals surface area contributed by atoms with Gasteiger partial charge in [-0.25, -0.2) is 4.79 Å². The second-order valence-corrected chi connectivity index (χ2v) is 6.47. The maximum atomic E-state index is 12.0. The second kappa shape index (κ2) is 7.89. The number of benzene rings is 3. The average molecular weight is 369 g/mol. The van der Waals surface area contributed by atoms with Crippen LogP contribution in [0.15, 0.2) is 78.9 Å². The van der Waals surface area contributed by atoms with Gasteiger partial charge in [0.15, 0.2) is 6.10 Å². The topological polar surface area (TPSA) is 47.6 Å². The highest BCUT2D eigenvalue weighted by Crippen LogP contribution is 2.37. The number of nitrogens with one attached hydrogen (secondary N) is 1. The summed E-state index contributed by atoms with van der Waals surface area (Å²) >= 11 is 0. The average Bonchev–Trinajstić information content (AvgIpc) is 3.15. The molecule has 4 nitrogen and oxygen atoms in total. The molecule has 0 unspecified atom stereocenters. The third kappa shape index (κ3) is 3.84. The van der Waals surface area contributed by atoms with Crippen LogP contribution in [-0.4, -0.2) is 13.2 Å². The Bertz CT molecular complexity index is 1050. The van der Waals surface area contributed by atoms with Gasteiger partial charge in [0.05, 0.1) is 13.2 Å². The van der Waals surface area contributed by atoms with E-state index >= 15 is 0 Å². The molecule has 1 fully saturated rings. The van der Waals surface area contributed by atoms with E-state index in [1.807, 2.05) is 78.9 Å². The molecule has 1 N–H and O–H groups in total. The van der Waals surface area contributed by atoms with Crippen LogP contribution < -0.4 is 10.1 Å². The molecule has 0 aromatic heterocycles. The van der Waals surface area contributed by atoms with E-state index in [1.165, 1.54) is 0 Å². The first-order chi connectivity index (χ1) is 13.7. The number of carbonyl (C=O) groups excluding carboxylic acids is 1. The van der Waals surface area contributed by atoms with Gasteiger partial charge in [-0.3, -0.25) is 0 Å². The van der Waals surface area contributed by atoms with Gasteiger partial charge >= 0.3 is 6.09 Å². The lowest BCUT2D eigenvalue weighted by Crippen LogP contribution is -2.19. The van der Waals surface area contributed by atoms with Gasteiger partial charge < -0.3 is 14.8 Å². The zero-order valence-electron chi connectivity index (χ0n) is 15.4. The molecular weight excluding hydrogens is 350 g/mol. The summed E-state index contributed by atoms with van der Waals surface area (Å²) in [4.78, 5) is 12.0. The molecule has 0 spiro atoms. The Morgan fingerprint density at radius 3 is 2.39 bits per heavy atom. The van der Waals surface area contributed by atoms with E-state index in [2.05, 4.69) is 17.2 Å². The predicted molar refractivity (Wildman–Crippen MR) is 107 cm³/mol. The summed E-state index contributed by atoms with van der Waals surface area (Å²) < 4.78 is 10.8. The molecule has 1 aliphatic rings. The molecule has 0 aliphatic carbocycles. The minimum Gasteiger partial charge on any atom is -0.497 e. The van der Waals surface area contributed by atoms with Crippen LogP contribution in [-0.2, 0) is 4.74 Å². The SMILES string of the molecule is COc1cccc([C@H]2OC(=O)N[C@@H]2c2cccc(C#Cc3ccccc3)c2)c1. The predicted octanol–water partition coefficient (Wildman–Crippen LogP) is 4.62. The van der Waals surface area contributed by atoms with Crippen LogP contribution >= 0.6 is 0 Å². The quantitative estimate of drug-likeness (QED) is 0.686. The first-order valence-electron chi connectivity index (χ1n) is 9.01. The number of rotatable bonds is 3. The minimum atomic E-state index is -0.432. The number of amides is 1. The van der Waals surface area contributed by atoms with Crippen LogP contribution in [0.4, 0.5) is 4.79 Å². The Kier molecular flexibility index (Phi) is 4.99. The maximum absolute atomic E-state index is 12.0. The third-order valence-corrected chi connectivity index (χ3v) is 4.60. The lowest BCUT2D eigenvalue weighted by molar-refractivity contribution is 0.132. The highest BCUT2D eigenvalue weighted by Gasteiger charge is 2.36. The summed E-state index contributed by atoms with van der Waals surface area (Å²) in [6.07, 6.45) is -0.862. The molecule has 0 saturated carbocycles.